The molecule has 4 aliphatic rings. The molecule has 0 aliphatic carbocycles. The molecule has 0 radical (unpaired) electrons. The molecule has 0 spiro atoms. The summed E-state index contributed by atoms with van der Waals surface area (Å²) in [6.45, 7) is 14.4. The molecule has 0 aromatic carbocycles. The number of aliphatic hydroxyl groups is 6. The van der Waals surface area contributed by atoms with Crippen LogP contribution in [0.3, 0.4) is 0 Å². The number of rotatable bonds is 16. The minimum atomic E-state index is -2.12. The molecule has 22 nitrogen and oxygen atoms in total. The van der Waals surface area contributed by atoms with Gasteiger partial charge in [0.15, 0.2) is 0 Å². The zero-order chi connectivity index (χ0) is 49.3. The van der Waals surface area contributed by atoms with E-state index in [-0.39, 0.29) is 31.1 Å². The van der Waals surface area contributed by atoms with E-state index in [2.05, 4.69) is 33.8 Å². The third kappa shape index (κ3) is 10.1. The van der Waals surface area contributed by atoms with Gasteiger partial charge in [-0.05, 0) is 80.5 Å². The average molecular weight is 935 g/mol. The number of esters is 2. The molecule has 6 rings (SSSR count). The fraction of sp³-hybridized carbons (Fsp3) is 0.422. The van der Waals surface area contributed by atoms with Crippen LogP contribution in [0.5, 0.6) is 0 Å². The number of carbonyl (C=O) groups excluding carboxylic acids is 6. The number of allylic oxidation sites excluding steroid dienone is 2. The molecule has 0 saturated carbocycles. The highest BCUT2D eigenvalue weighted by molar-refractivity contribution is 6.03. The highest BCUT2D eigenvalue weighted by atomic mass is 16.7. The minimum Gasteiger partial charge on any atom is -0.547 e. The molecular formula is C45H50N4O18-2. The first-order valence-corrected chi connectivity index (χ1v) is 20.9. The molecule has 0 bridgehead atoms. The van der Waals surface area contributed by atoms with Crippen LogP contribution in [-0.2, 0) is 67.0 Å². The van der Waals surface area contributed by atoms with Crippen molar-refractivity contribution in [3.63, 3.8) is 0 Å². The molecular weight excluding hydrogens is 885 g/mol. The van der Waals surface area contributed by atoms with Crippen LogP contribution in [0.15, 0.2) is 59.0 Å². The van der Waals surface area contributed by atoms with Gasteiger partial charge in [-0.3, -0.25) is 19.2 Å². The maximum atomic E-state index is 13.3. The Hall–Kier alpha value is -6.50. The monoisotopic (exact) mass is 934 g/mol. The number of aliphatic carboxylic acids is 2. The largest absolute Gasteiger partial charge is 0.547 e. The summed E-state index contributed by atoms with van der Waals surface area (Å²) in [6, 6.07) is 0. The lowest BCUT2D eigenvalue weighted by molar-refractivity contribution is -0.346. The summed E-state index contributed by atoms with van der Waals surface area (Å²) >= 11 is 0. The molecule has 10 N–H and O–H groups in total. The number of carboxylic acid groups (broad SMARTS) is 2. The molecule has 10 atom stereocenters. The van der Waals surface area contributed by atoms with Crippen LogP contribution in [-0.4, -0.2) is 138 Å². The van der Waals surface area contributed by atoms with Gasteiger partial charge in [-0.2, -0.15) is 0 Å². The molecule has 2 saturated heterocycles. The highest BCUT2D eigenvalue weighted by Crippen LogP contribution is 2.33. The van der Waals surface area contributed by atoms with E-state index in [4.69, 9.17) is 18.9 Å². The lowest BCUT2D eigenvalue weighted by Crippen LogP contribution is -2.62. The summed E-state index contributed by atoms with van der Waals surface area (Å²) < 4.78 is 20.6. The molecule has 2 aromatic heterocycles. The van der Waals surface area contributed by atoms with Gasteiger partial charge in [0.05, 0.1) is 17.6 Å². The van der Waals surface area contributed by atoms with Crippen LogP contribution >= 0.6 is 0 Å². The van der Waals surface area contributed by atoms with Crippen molar-refractivity contribution in [2.24, 2.45) is 0 Å². The Bertz CT molecular complexity index is 2530. The SMILES string of the molecule is C=CC1=C(C)/C(=C/c2[nH]c(Cc3[nH]c(/C=C4\NC(=O)C(C)=C4C=C)c(C)c3CCC(=O)O[C@@H]3O[C@H](C(=O)[O-])[C@@H](O)[C@H](O)[C@H]3O)c(CCC(=O)O[C@@H]3O[C@H](C(=O)[O-])[C@@H](O)[C@H](O)[C@H]3O)c2C)NC1=O. The van der Waals surface area contributed by atoms with E-state index in [0.29, 0.717) is 78.7 Å². The summed E-state index contributed by atoms with van der Waals surface area (Å²) in [5.41, 5.74) is 7.18. The average Bonchev–Trinajstić information content (AvgIpc) is 3.93. The Kier molecular flexibility index (Phi) is 15.0. The van der Waals surface area contributed by atoms with Crippen LogP contribution in [0.2, 0.25) is 0 Å². The molecule has 22 heteroatoms. The fourth-order valence-corrected chi connectivity index (χ4v) is 8.26. The second-order valence-electron chi connectivity index (χ2n) is 16.3. The number of nitrogens with one attached hydrogen (secondary N) is 4. The summed E-state index contributed by atoms with van der Waals surface area (Å²) in [5, 5.41) is 90.0. The number of aromatic nitrogens is 2. The van der Waals surface area contributed by atoms with Crippen molar-refractivity contribution in [3.05, 3.63) is 104 Å². The fourth-order valence-electron chi connectivity index (χ4n) is 8.26. The highest BCUT2D eigenvalue weighted by Gasteiger charge is 2.47. The molecule has 2 aromatic rings. The molecule has 6 heterocycles. The van der Waals surface area contributed by atoms with E-state index in [1.165, 1.54) is 12.2 Å². The normalized spacial score (nSPS) is 28.7. The molecule has 2 fully saturated rings. The number of H-pyrrole nitrogens is 2. The number of aromatic amines is 2. The van der Waals surface area contributed by atoms with Crippen LogP contribution in [0.4, 0.5) is 0 Å². The first kappa shape index (κ1) is 49.9. The Balaban J connectivity index is 1.35. The van der Waals surface area contributed by atoms with Gasteiger partial charge < -0.3 is 90.0 Å². The molecule has 2 amide bonds. The van der Waals surface area contributed by atoms with E-state index in [1.54, 1.807) is 39.8 Å². The van der Waals surface area contributed by atoms with Gasteiger partial charge in [0, 0.05) is 64.5 Å². The van der Waals surface area contributed by atoms with Gasteiger partial charge >= 0.3 is 11.9 Å². The van der Waals surface area contributed by atoms with Crippen LogP contribution in [0.1, 0.15) is 71.7 Å². The van der Waals surface area contributed by atoms with Crippen molar-refractivity contribution in [1.29, 1.82) is 0 Å². The van der Waals surface area contributed by atoms with Crippen molar-refractivity contribution in [2.45, 2.75) is 121 Å². The Morgan fingerprint density at radius 1 is 0.612 bits per heavy atom. The zero-order valence-electron chi connectivity index (χ0n) is 36.6. The van der Waals surface area contributed by atoms with E-state index >= 15 is 0 Å². The second kappa shape index (κ2) is 20.2. The quantitative estimate of drug-likeness (QED) is 0.0732. The number of aliphatic hydroxyl groups excluding tert-OH is 6. The van der Waals surface area contributed by atoms with Crippen LogP contribution < -0.4 is 20.8 Å². The molecule has 360 valence electrons. The zero-order valence-corrected chi connectivity index (χ0v) is 36.6. The van der Waals surface area contributed by atoms with Crippen molar-refractivity contribution >= 4 is 47.8 Å². The standard InChI is InChI=1S/C45H52N4O18/c1-7-20-19(6)40(58)49-27(20)14-25-18(5)23(10-12-31(51)65-45-37(57)33(53)35(55)39(67-45)43(62)63)29(47-25)15-28-22(17(4)24(46-28)13-26-16(3)21(8-2)41(59)48-26)9-11-30(50)64-44-36(56)32(52)34(54)38(66-44)42(60)61/h7-8,13-14,32-39,44-47,52-57H,1-2,9-12,15H2,3-6H3,(H,48,59)(H,49,58)(H,60,61)(H,62,63)/p-2/b26-13-,27-14-/t32-,33-,34-,35-,36+,37+,38-,39-,44+,45+/m0/s1. The number of hydrogen-bond donors (Lipinski definition) is 10. The number of hydrogen-bond acceptors (Lipinski definition) is 18. The van der Waals surface area contributed by atoms with E-state index in [0.717, 1.165) is 0 Å². The maximum absolute atomic E-state index is 13.3. The minimum absolute atomic E-state index is 0.0427. The predicted molar refractivity (Wildman–Crippen MR) is 224 cm³/mol. The third-order valence-corrected chi connectivity index (χ3v) is 12.2. The first-order chi connectivity index (χ1) is 31.6. The maximum Gasteiger partial charge on any atom is 0.308 e. The van der Waals surface area contributed by atoms with Crippen molar-refractivity contribution < 1.29 is 88.6 Å². The summed E-state index contributed by atoms with van der Waals surface area (Å²) in [6.07, 6.45) is -15.0. The molecule has 4 aliphatic heterocycles. The van der Waals surface area contributed by atoms with Crippen molar-refractivity contribution in [2.75, 3.05) is 0 Å². The first-order valence-electron chi connectivity index (χ1n) is 20.9. The lowest BCUT2D eigenvalue weighted by atomic mass is 9.98. The van der Waals surface area contributed by atoms with Crippen LogP contribution in [0, 0.1) is 13.8 Å². The topological polar surface area (TPSA) is 362 Å². The van der Waals surface area contributed by atoms with E-state index < -0.39 is 98.1 Å². The van der Waals surface area contributed by atoms with Gasteiger partial charge in [0.25, 0.3) is 11.8 Å². The van der Waals surface area contributed by atoms with Gasteiger partial charge in [-0.15, -0.1) is 0 Å². The number of carbonyl (C=O) groups is 6. The second-order valence-corrected chi connectivity index (χ2v) is 16.3. The van der Waals surface area contributed by atoms with Crippen molar-refractivity contribution in [3.8, 4) is 0 Å². The number of ether oxygens (including phenoxy) is 4. The Morgan fingerprint density at radius 3 is 1.43 bits per heavy atom. The lowest BCUT2D eigenvalue weighted by Gasteiger charge is -2.40. The number of carboxylic acids is 2. The smallest absolute Gasteiger partial charge is 0.308 e. The summed E-state index contributed by atoms with van der Waals surface area (Å²) in [7, 11) is 0. The van der Waals surface area contributed by atoms with Gasteiger partial charge in [-0.1, -0.05) is 25.3 Å². The predicted octanol–water partition coefficient (Wildman–Crippen LogP) is -3.44. The van der Waals surface area contributed by atoms with Crippen molar-refractivity contribution in [1.82, 2.24) is 20.6 Å². The van der Waals surface area contributed by atoms with Gasteiger partial charge in [-0.25, -0.2) is 0 Å². The van der Waals surface area contributed by atoms with E-state index in [1.807, 2.05) is 0 Å². The third-order valence-electron chi connectivity index (χ3n) is 12.2. The molecule has 0 unspecified atom stereocenters. The summed E-state index contributed by atoms with van der Waals surface area (Å²) in [5.74, 6) is -6.53. The van der Waals surface area contributed by atoms with Crippen LogP contribution in [0.25, 0.3) is 12.2 Å². The van der Waals surface area contributed by atoms with E-state index in [9.17, 15) is 69.6 Å². The number of amides is 2. The molecule has 67 heavy (non-hydrogen) atoms. The van der Waals surface area contributed by atoms with Gasteiger partial charge in [0.2, 0.25) is 12.6 Å². The Labute approximate surface area is 381 Å². The summed E-state index contributed by atoms with van der Waals surface area (Å²) in [4.78, 5) is 81.6. The van der Waals surface area contributed by atoms with Gasteiger partial charge in [0.1, 0.15) is 48.8 Å². The Morgan fingerprint density at radius 2 is 1.03 bits per heavy atom.